The molecule has 0 aromatic rings. The van der Waals surface area contributed by atoms with Crippen LogP contribution in [0.5, 0.6) is 0 Å². The van der Waals surface area contributed by atoms with Crippen molar-refractivity contribution < 1.29 is 9.53 Å². The van der Waals surface area contributed by atoms with Crippen LogP contribution in [0.1, 0.15) is 25.7 Å². The van der Waals surface area contributed by atoms with E-state index >= 15 is 0 Å². The van der Waals surface area contributed by atoms with Crippen molar-refractivity contribution in [3.8, 4) is 0 Å². The molecule has 0 aromatic carbocycles. The van der Waals surface area contributed by atoms with Crippen molar-refractivity contribution in [2.75, 3.05) is 6.61 Å². The highest BCUT2D eigenvalue weighted by atomic mass is 16.5. The Balaban J connectivity index is 2.06. The molecule has 0 N–H and O–H groups in total. The fourth-order valence-corrected chi connectivity index (χ4v) is 1.20. The van der Waals surface area contributed by atoms with Crippen molar-refractivity contribution in [3.05, 3.63) is 11.6 Å². The average molecular weight is 140 g/mol. The largest absolute Gasteiger partial charge is 0.468 e. The van der Waals surface area contributed by atoms with Crippen LogP contribution in [-0.2, 0) is 9.53 Å². The van der Waals surface area contributed by atoms with Crippen LogP contribution in [0, 0.1) is 0 Å². The van der Waals surface area contributed by atoms with Gasteiger partial charge in [0.05, 0.1) is 6.61 Å². The zero-order valence-electron chi connectivity index (χ0n) is 6.01. The smallest absolute Gasteiger partial charge is 0.293 e. The van der Waals surface area contributed by atoms with E-state index in [-0.39, 0.29) is 0 Å². The summed E-state index contributed by atoms with van der Waals surface area (Å²) in [4.78, 5) is 9.74. The number of hydrogen-bond acceptors (Lipinski definition) is 2. The highest BCUT2D eigenvalue weighted by Gasteiger charge is 2.02. The van der Waals surface area contributed by atoms with E-state index in [2.05, 4.69) is 10.8 Å². The molecule has 0 spiro atoms. The average Bonchev–Trinajstić information content (AvgIpc) is 2.41. The van der Waals surface area contributed by atoms with E-state index in [0.717, 1.165) is 6.42 Å². The van der Waals surface area contributed by atoms with Gasteiger partial charge in [-0.25, -0.2) is 0 Å². The molecule has 0 aliphatic heterocycles. The molecule has 0 bridgehead atoms. The van der Waals surface area contributed by atoms with Crippen molar-refractivity contribution in [3.63, 3.8) is 0 Å². The number of ether oxygens (including phenoxy) is 1. The molecule has 0 amide bonds. The minimum atomic E-state index is 0.509. The summed E-state index contributed by atoms with van der Waals surface area (Å²) in [6.45, 7) is 1.06. The molecule has 0 radical (unpaired) electrons. The van der Waals surface area contributed by atoms with E-state index in [0.29, 0.717) is 13.1 Å². The van der Waals surface area contributed by atoms with Crippen LogP contribution < -0.4 is 0 Å². The SMILES string of the molecule is O=COCCC1=CCCC1. The molecule has 2 nitrogen and oxygen atoms in total. The summed E-state index contributed by atoms with van der Waals surface area (Å²) >= 11 is 0. The Morgan fingerprint density at radius 3 is 3.20 bits per heavy atom. The van der Waals surface area contributed by atoms with E-state index in [1.807, 2.05) is 0 Å². The lowest BCUT2D eigenvalue weighted by molar-refractivity contribution is -0.128. The van der Waals surface area contributed by atoms with Crippen LogP contribution in [0.4, 0.5) is 0 Å². The molecule has 0 saturated carbocycles. The lowest BCUT2D eigenvalue weighted by atomic mass is 10.2. The number of hydrogen-bond donors (Lipinski definition) is 0. The van der Waals surface area contributed by atoms with Crippen LogP contribution in [0.25, 0.3) is 0 Å². The van der Waals surface area contributed by atoms with Crippen LogP contribution in [0.15, 0.2) is 11.6 Å². The molecule has 1 aliphatic carbocycles. The van der Waals surface area contributed by atoms with Gasteiger partial charge in [-0.2, -0.15) is 0 Å². The first-order valence-electron chi connectivity index (χ1n) is 3.66. The Morgan fingerprint density at radius 1 is 1.70 bits per heavy atom. The van der Waals surface area contributed by atoms with Gasteiger partial charge in [-0.3, -0.25) is 4.79 Å². The molecule has 0 fully saturated rings. The van der Waals surface area contributed by atoms with Gasteiger partial charge in [-0.1, -0.05) is 11.6 Å². The molecular weight excluding hydrogens is 128 g/mol. The highest BCUT2D eigenvalue weighted by Crippen LogP contribution is 2.19. The summed E-state index contributed by atoms with van der Waals surface area (Å²) in [6, 6.07) is 0. The van der Waals surface area contributed by atoms with Crippen molar-refractivity contribution in [2.45, 2.75) is 25.7 Å². The predicted molar refractivity (Wildman–Crippen MR) is 38.6 cm³/mol. The fourth-order valence-electron chi connectivity index (χ4n) is 1.20. The molecule has 0 aromatic heterocycles. The number of carbonyl (C=O) groups is 1. The highest BCUT2D eigenvalue weighted by molar-refractivity contribution is 5.36. The van der Waals surface area contributed by atoms with E-state index in [9.17, 15) is 4.79 Å². The number of rotatable bonds is 4. The van der Waals surface area contributed by atoms with Gasteiger partial charge < -0.3 is 4.74 Å². The fraction of sp³-hybridized carbons (Fsp3) is 0.625. The second kappa shape index (κ2) is 4.09. The molecular formula is C8H12O2. The third kappa shape index (κ3) is 2.21. The van der Waals surface area contributed by atoms with Crippen molar-refractivity contribution in [2.24, 2.45) is 0 Å². The molecule has 0 heterocycles. The summed E-state index contributed by atoms with van der Waals surface area (Å²) in [6.07, 6.45) is 6.85. The lowest BCUT2D eigenvalue weighted by Crippen LogP contribution is -1.92. The van der Waals surface area contributed by atoms with Crippen molar-refractivity contribution >= 4 is 6.47 Å². The third-order valence-electron chi connectivity index (χ3n) is 1.74. The normalized spacial score (nSPS) is 16.6. The Bertz CT molecular complexity index is 138. The maximum absolute atomic E-state index is 9.74. The Morgan fingerprint density at radius 2 is 2.60 bits per heavy atom. The summed E-state index contributed by atoms with van der Waals surface area (Å²) in [7, 11) is 0. The first kappa shape index (κ1) is 7.32. The minimum absolute atomic E-state index is 0.509. The Kier molecular flexibility index (Phi) is 3.00. The van der Waals surface area contributed by atoms with E-state index in [1.165, 1.54) is 24.8 Å². The number of allylic oxidation sites excluding steroid dienone is 1. The monoisotopic (exact) mass is 140 g/mol. The van der Waals surface area contributed by atoms with Gasteiger partial charge in [0.1, 0.15) is 0 Å². The second-order valence-electron chi connectivity index (χ2n) is 2.47. The predicted octanol–water partition coefficient (Wildman–Crippen LogP) is 1.66. The van der Waals surface area contributed by atoms with Gasteiger partial charge in [-0.05, 0) is 19.3 Å². The van der Waals surface area contributed by atoms with Gasteiger partial charge in [0.25, 0.3) is 6.47 Å². The summed E-state index contributed by atoms with van der Waals surface area (Å²) in [5.74, 6) is 0. The molecule has 0 unspecified atom stereocenters. The molecule has 0 saturated heterocycles. The summed E-state index contributed by atoms with van der Waals surface area (Å²) < 4.78 is 4.57. The zero-order chi connectivity index (χ0) is 7.23. The lowest BCUT2D eigenvalue weighted by Gasteiger charge is -1.98. The van der Waals surface area contributed by atoms with E-state index in [1.54, 1.807) is 0 Å². The first-order valence-corrected chi connectivity index (χ1v) is 3.66. The Labute approximate surface area is 60.9 Å². The summed E-state index contributed by atoms with van der Waals surface area (Å²) in [5.41, 5.74) is 1.45. The standard InChI is InChI=1S/C8H12O2/c9-7-10-6-5-8-3-1-2-4-8/h3,7H,1-2,4-6H2. The number of carbonyl (C=O) groups excluding carboxylic acids is 1. The zero-order valence-corrected chi connectivity index (χ0v) is 6.01. The topological polar surface area (TPSA) is 26.3 Å². The molecule has 56 valence electrons. The third-order valence-corrected chi connectivity index (χ3v) is 1.74. The van der Waals surface area contributed by atoms with Gasteiger partial charge in [-0.15, -0.1) is 0 Å². The van der Waals surface area contributed by atoms with Crippen LogP contribution in [0.3, 0.4) is 0 Å². The molecule has 2 heteroatoms. The quantitative estimate of drug-likeness (QED) is 0.337. The van der Waals surface area contributed by atoms with Crippen molar-refractivity contribution in [1.29, 1.82) is 0 Å². The van der Waals surface area contributed by atoms with Crippen LogP contribution in [0.2, 0.25) is 0 Å². The van der Waals surface area contributed by atoms with Gasteiger partial charge >= 0.3 is 0 Å². The maximum Gasteiger partial charge on any atom is 0.293 e. The van der Waals surface area contributed by atoms with E-state index in [4.69, 9.17) is 0 Å². The molecule has 0 atom stereocenters. The minimum Gasteiger partial charge on any atom is -0.468 e. The molecule has 1 rings (SSSR count). The van der Waals surface area contributed by atoms with Crippen LogP contribution in [-0.4, -0.2) is 13.1 Å². The van der Waals surface area contributed by atoms with E-state index < -0.39 is 0 Å². The maximum atomic E-state index is 9.74. The van der Waals surface area contributed by atoms with Crippen molar-refractivity contribution in [1.82, 2.24) is 0 Å². The van der Waals surface area contributed by atoms with Crippen LogP contribution >= 0.6 is 0 Å². The van der Waals surface area contributed by atoms with Gasteiger partial charge in [0, 0.05) is 6.42 Å². The second-order valence-corrected chi connectivity index (χ2v) is 2.47. The molecule has 10 heavy (non-hydrogen) atoms. The van der Waals surface area contributed by atoms with Gasteiger partial charge in [0.15, 0.2) is 0 Å². The Hall–Kier alpha value is -0.790. The first-order chi connectivity index (χ1) is 4.93. The summed E-state index contributed by atoms with van der Waals surface area (Å²) in [5, 5.41) is 0. The van der Waals surface area contributed by atoms with Gasteiger partial charge in [0.2, 0.25) is 0 Å². The molecule has 1 aliphatic rings.